The van der Waals surface area contributed by atoms with E-state index >= 15 is 0 Å². The van der Waals surface area contributed by atoms with Gasteiger partial charge in [-0.15, -0.1) is 0 Å². The lowest BCUT2D eigenvalue weighted by molar-refractivity contribution is -0.139. The average molecular weight is 312 g/mol. The second-order valence-corrected chi connectivity index (χ2v) is 5.35. The molecule has 18 heavy (non-hydrogen) atoms. The fourth-order valence-corrected chi connectivity index (χ4v) is 2.37. The second-order valence-electron chi connectivity index (χ2n) is 4.43. The summed E-state index contributed by atoms with van der Waals surface area (Å²) in [6.07, 6.45) is 1.25. The Bertz CT molecular complexity index is 501. The lowest BCUT2D eigenvalue weighted by Gasteiger charge is -2.10. The third kappa shape index (κ3) is 2.72. The van der Waals surface area contributed by atoms with E-state index in [2.05, 4.69) is 21.2 Å². The molecular weight excluding hydrogens is 298 g/mol. The molecule has 1 aromatic carbocycles. The molecule has 0 heterocycles. The van der Waals surface area contributed by atoms with Crippen molar-refractivity contribution < 1.29 is 14.7 Å². The first kappa shape index (κ1) is 13.1. The molecule has 1 aromatic rings. The normalized spacial score (nSPS) is 21.4. The maximum Gasteiger partial charge on any atom is 0.307 e. The van der Waals surface area contributed by atoms with Crippen molar-refractivity contribution in [2.75, 3.05) is 5.32 Å². The highest BCUT2D eigenvalue weighted by atomic mass is 79.9. The predicted molar refractivity (Wildman–Crippen MR) is 71.4 cm³/mol. The highest BCUT2D eigenvalue weighted by Gasteiger charge is 2.48. The summed E-state index contributed by atoms with van der Waals surface area (Å²) in [6.45, 7) is 2.01. The van der Waals surface area contributed by atoms with Crippen LogP contribution in [0.2, 0.25) is 0 Å². The molecule has 1 aliphatic carbocycles. The van der Waals surface area contributed by atoms with Crippen molar-refractivity contribution >= 4 is 33.5 Å². The van der Waals surface area contributed by atoms with Crippen LogP contribution in [-0.2, 0) is 16.0 Å². The molecule has 0 radical (unpaired) electrons. The number of carbonyl (C=O) groups is 2. The van der Waals surface area contributed by atoms with E-state index in [1.165, 1.54) is 0 Å². The van der Waals surface area contributed by atoms with Crippen molar-refractivity contribution in [1.82, 2.24) is 0 Å². The lowest BCUT2D eigenvalue weighted by atomic mass is 10.1. The number of carboxylic acid groups (broad SMARTS) is 1. The van der Waals surface area contributed by atoms with Crippen LogP contribution in [-0.4, -0.2) is 17.0 Å². The maximum atomic E-state index is 11.9. The van der Waals surface area contributed by atoms with E-state index in [-0.39, 0.29) is 11.8 Å². The number of carboxylic acids is 1. The Balaban J connectivity index is 2.06. The molecule has 4 nitrogen and oxygen atoms in total. The molecular formula is C13H14BrNO3. The van der Waals surface area contributed by atoms with E-state index in [1.807, 2.05) is 25.1 Å². The van der Waals surface area contributed by atoms with Crippen LogP contribution in [0.5, 0.6) is 0 Å². The van der Waals surface area contributed by atoms with E-state index in [0.717, 1.165) is 22.1 Å². The zero-order valence-electron chi connectivity index (χ0n) is 9.94. The van der Waals surface area contributed by atoms with Gasteiger partial charge in [-0.1, -0.05) is 22.9 Å². The first-order valence-corrected chi connectivity index (χ1v) is 6.64. The summed E-state index contributed by atoms with van der Waals surface area (Å²) >= 11 is 3.38. The molecule has 0 unspecified atom stereocenters. The molecule has 0 spiro atoms. The van der Waals surface area contributed by atoms with Gasteiger partial charge in [-0.05, 0) is 36.6 Å². The van der Waals surface area contributed by atoms with Crippen molar-refractivity contribution in [1.29, 1.82) is 0 Å². The van der Waals surface area contributed by atoms with Crippen molar-refractivity contribution in [2.24, 2.45) is 11.8 Å². The van der Waals surface area contributed by atoms with Gasteiger partial charge in [0.05, 0.1) is 11.8 Å². The lowest BCUT2D eigenvalue weighted by Crippen LogP contribution is -2.17. The number of rotatable bonds is 4. The van der Waals surface area contributed by atoms with E-state index in [0.29, 0.717) is 6.42 Å². The van der Waals surface area contributed by atoms with Crippen LogP contribution in [0.1, 0.15) is 18.9 Å². The number of carbonyl (C=O) groups excluding carboxylic acids is 1. The van der Waals surface area contributed by atoms with Crippen LogP contribution in [0, 0.1) is 11.8 Å². The summed E-state index contributed by atoms with van der Waals surface area (Å²) in [5, 5.41) is 11.6. The third-order valence-electron chi connectivity index (χ3n) is 3.15. The Hall–Kier alpha value is -1.36. The quantitative estimate of drug-likeness (QED) is 0.898. The summed E-state index contributed by atoms with van der Waals surface area (Å²) in [5.74, 6) is -1.97. The molecule has 1 fully saturated rings. The van der Waals surface area contributed by atoms with Crippen molar-refractivity contribution in [3.05, 3.63) is 28.2 Å². The molecule has 0 saturated heterocycles. The van der Waals surface area contributed by atoms with Crippen LogP contribution in [0.15, 0.2) is 22.7 Å². The van der Waals surface area contributed by atoms with Crippen LogP contribution in [0.3, 0.4) is 0 Å². The van der Waals surface area contributed by atoms with Crippen molar-refractivity contribution in [2.45, 2.75) is 19.8 Å². The molecule has 1 aliphatic rings. The molecule has 2 atom stereocenters. The zero-order valence-corrected chi connectivity index (χ0v) is 11.5. The van der Waals surface area contributed by atoms with Gasteiger partial charge in [-0.3, -0.25) is 9.59 Å². The number of anilines is 1. The number of aryl methyl sites for hydroxylation is 1. The molecule has 5 heteroatoms. The number of hydrogen-bond donors (Lipinski definition) is 2. The summed E-state index contributed by atoms with van der Waals surface area (Å²) < 4.78 is 0.965. The monoisotopic (exact) mass is 311 g/mol. The highest BCUT2D eigenvalue weighted by molar-refractivity contribution is 9.10. The Morgan fingerprint density at radius 2 is 2.17 bits per heavy atom. The number of halogens is 1. The second kappa shape index (κ2) is 5.10. The van der Waals surface area contributed by atoms with Gasteiger partial charge in [0.15, 0.2) is 0 Å². The third-order valence-corrected chi connectivity index (χ3v) is 3.64. The predicted octanol–water partition coefficient (Wildman–Crippen LogP) is 2.67. The minimum Gasteiger partial charge on any atom is -0.481 e. The first-order chi connectivity index (χ1) is 8.52. The zero-order chi connectivity index (χ0) is 13.3. The van der Waals surface area contributed by atoms with Crippen LogP contribution < -0.4 is 5.32 Å². The fraction of sp³-hybridized carbons (Fsp3) is 0.385. The number of nitrogens with one attached hydrogen (secondary N) is 1. The van der Waals surface area contributed by atoms with Crippen LogP contribution in [0.4, 0.5) is 5.69 Å². The summed E-state index contributed by atoms with van der Waals surface area (Å²) in [4.78, 5) is 22.6. The molecule has 2 rings (SSSR count). The molecule has 1 saturated carbocycles. The minimum atomic E-state index is -0.887. The van der Waals surface area contributed by atoms with Crippen molar-refractivity contribution in [3.8, 4) is 0 Å². The number of amides is 1. The Morgan fingerprint density at radius 3 is 2.72 bits per heavy atom. The molecule has 0 aliphatic heterocycles. The first-order valence-electron chi connectivity index (χ1n) is 5.85. The van der Waals surface area contributed by atoms with Crippen LogP contribution in [0.25, 0.3) is 0 Å². The van der Waals surface area contributed by atoms with Crippen molar-refractivity contribution in [3.63, 3.8) is 0 Å². The summed E-state index contributed by atoms with van der Waals surface area (Å²) in [5.41, 5.74) is 1.80. The maximum absolute atomic E-state index is 11.9. The number of aliphatic carboxylic acids is 1. The van der Waals surface area contributed by atoms with Gasteiger partial charge in [0.2, 0.25) is 5.91 Å². The topological polar surface area (TPSA) is 66.4 Å². The Kier molecular flexibility index (Phi) is 3.71. The van der Waals surface area contributed by atoms with Crippen LogP contribution >= 0.6 is 15.9 Å². The summed E-state index contributed by atoms with van der Waals surface area (Å²) in [7, 11) is 0. The van der Waals surface area contributed by atoms with Gasteiger partial charge in [0.25, 0.3) is 0 Å². The van der Waals surface area contributed by atoms with Gasteiger partial charge >= 0.3 is 5.97 Å². The van der Waals surface area contributed by atoms with Gasteiger partial charge in [-0.2, -0.15) is 0 Å². The van der Waals surface area contributed by atoms with E-state index in [9.17, 15) is 9.59 Å². The highest BCUT2D eigenvalue weighted by Crippen LogP contribution is 2.39. The van der Waals surface area contributed by atoms with Gasteiger partial charge in [0, 0.05) is 10.2 Å². The van der Waals surface area contributed by atoms with E-state index < -0.39 is 11.9 Å². The van der Waals surface area contributed by atoms with Gasteiger partial charge in [0.1, 0.15) is 0 Å². The van der Waals surface area contributed by atoms with E-state index in [1.54, 1.807) is 0 Å². The SMILES string of the molecule is CCc1cc(Br)ccc1NC(=O)[C@@H]1C[C@@H]1C(=O)O. The largest absolute Gasteiger partial charge is 0.481 e. The molecule has 0 aromatic heterocycles. The molecule has 96 valence electrons. The molecule has 2 N–H and O–H groups in total. The number of hydrogen-bond acceptors (Lipinski definition) is 2. The Labute approximate surface area is 114 Å². The number of benzene rings is 1. The van der Waals surface area contributed by atoms with E-state index in [4.69, 9.17) is 5.11 Å². The van der Waals surface area contributed by atoms with Gasteiger partial charge in [-0.25, -0.2) is 0 Å². The summed E-state index contributed by atoms with van der Waals surface area (Å²) in [6, 6.07) is 5.65. The molecule has 1 amide bonds. The smallest absolute Gasteiger partial charge is 0.307 e. The fourth-order valence-electron chi connectivity index (χ4n) is 1.96. The average Bonchev–Trinajstić information content (AvgIpc) is 3.11. The minimum absolute atomic E-state index is 0.195. The standard InChI is InChI=1S/C13H14BrNO3/c1-2-7-5-8(14)3-4-11(7)15-12(16)9-6-10(9)13(17)18/h3-5,9-10H,2,6H2,1H3,(H,15,16)(H,17,18)/t9-,10+/m1/s1. The Morgan fingerprint density at radius 1 is 1.44 bits per heavy atom. The van der Waals surface area contributed by atoms with Gasteiger partial charge < -0.3 is 10.4 Å². The molecule has 0 bridgehead atoms.